The van der Waals surface area contributed by atoms with Gasteiger partial charge in [0.1, 0.15) is 0 Å². The molecule has 3 aromatic rings. The minimum Gasteiger partial charge on any atom is -0.465 e. The highest BCUT2D eigenvalue weighted by Crippen LogP contribution is 2.25. The lowest BCUT2D eigenvalue weighted by molar-refractivity contribution is -0.121. The molecular formula is C21H21ClN4O4S. The third kappa shape index (κ3) is 5.12. The molecule has 0 spiro atoms. The lowest BCUT2D eigenvalue weighted by Gasteiger charge is -2.30. The van der Waals surface area contributed by atoms with E-state index in [9.17, 15) is 9.59 Å². The van der Waals surface area contributed by atoms with Gasteiger partial charge >= 0.3 is 5.97 Å². The number of nitrogens with one attached hydrogen (secondary N) is 1. The Bertz CT molecular complexity index is 1060. The van der Waals surface area contributed by atoms with E-state index in [1.165, 1.54) is 13.2 Å². The molecule has 1 aromatic carbocycles. The summed E-state index contributed by atoms with van der Waals surface area (Å²) in [6.45, 7) is 2.07. The minimum absolute atomic E-state index is 0.0736. The molecule has 0 unspecified atom stereocenters. The number of hydrogen-bond acceptors (Lipinski definition) is 8. The van der Waals surface area contributed by atoms with Crippen LogP contribution in [-0.2, 0) is 16.1 Å². The zero-order valence-electron chi connectivity index (χ0n) is 16.8. The van der Waals surface area contributed by atoms with Crippen molar-refractivity contribution in [2.45, 2.75) is 19.4 Å². The second-order valence-corrected chi connectivity index (χ2v) is 8.57. The SMILES string of the molecule is COC(=O)c1cc(NC(=O)C2CCN(Cc3nc(-c4cccs4)no3)CC2)ccc1Cl. The highest BCUT2D eigenvalue weighted by atomic mass is 35.5. The van der Waals surface area contributed by atoms with Crippen molar-refractivity contribution in [2.75, 3.05) is 25.5 Å². The summed E-state index contributed by atoms with van der Waals surface area (Å²) in [4.78, 5) is 32.1. The van der Waals surface area contributed by atoms with Crippen molar-refractivity contribution in [2.24, 2.45) is 5.92 Å². The van der Waals surface area contributed by atoms with E-state index in [1.807, 2.05) is 17.5 Å². The molecular weight excluding hydrogens is 440 g/mol. The molecule has 0 bridgehead atoms. The van der Waals surface area contributed by atoms with Crippen molar-refractivity contribution in [3.05, 3.63) is 52.2 Å². The van der Waals surface area contributed by atoms with Gasteiger partial charge < -0.3 is 14.6 Å². The molecule has 1 aliphatic heterocycles. The molecule has 1 aliphatic rings. The Hall–Kier alpha value is -2.75. The second kappa shape index (κ2) is 9.59. The number of benzene rings is 1. The fourth-order valence-corrected chi connectivity index (χ4v) is 4.33. The lowest BCUT2D eigenvalue weighted by atomic mass is 9.95. The number of carbonyl (C=O) groups excluding carboxylic acids is 2. The van der Waals surface area contributed by atoms with Gasteiger partial charge in [0.05, 0.1) is 29.1 Å². The van der Waals surface area contributed by atoms with E-state index in [-0.39, 0.29) is 22.4 Å². The maximum Gasteiger partial charge on any atom is 0.339 e. The number of aromatic nitrogens is 2. The summed E-state index contributed by atoms with van der Waals surface area (Å²) < 4.78 is 10.1. The molecule has 1 saturated heterocycles. The predicted octanol–water partition coefficient (Wildman–Crippen LogP) is 4.09. The summed E-state index contributed by atoms with van der Waals surface area (Å²) in [6.07, 6.45) is 1.43. The van der Waals surface area contributed by atoms with Crippen LogP contribution < -0.4 is 5.32 Å². The Morgan fingerprint density at radius 3 is 2.84 bits per heavy atom. The van der Waals surface area contributed by atoms with Gasteiger partial charge in [-0.25, -0.2) is 4.79 Å². The van der Waals surface area contributed by atoms with Crippen LogP contribution in [0.25, 0.3) is 10.7 Å². The van der Waals surface area contributed by atoms with Gasteiger partial charge in [-0.15, -0.1) is 11.3 Å². The van der Waals surface area contributed by atoms with Crippen LogP contribution >= 0.6 is 22.9 Å². The van der Waals surface area contributed by atoms with E-state index < -0.39 is 5.97 Å². The standard InChI is InChI=1S/C21H21ClN4O4S/c1-29-21(28)15-11-14(4-5-16(15)22)23-20(27)13-6-8-26(9-7-13)12-18-24-19(25-30-18)17-3-2-10-31-17/h2-5,10-11,13H,6-9,12H2,1H3,(H,23,27). The van der Waals surface area contributed by atoms with Crippen LogP contribution in [-0.4, -0.2) is 47.1 Å². The summed E-state index contributed by atoms with van der Waals surface area (Å²) in [5.74, 6) is 0.447. The molecule has 1 fully saturated rings. The topological polar surface area (TPSA) is 97.6 Å². The van der Waals surface area contributed by atoms with Crippen molar-refractivity contribution >= 4 is 40.5 Å². The van der Waals surface area contributed by atoms with Crippen LogP contribution in [0, 0.1) is 5.92 Å². The number of rotatable bonds is 6. The first kappa shape index (κ1) is 21.5. The van der Waals surface area contributed by atoms with E-state index in [1.54, 1.807) is 23.5 Å². The highest BCUT2D eigenvalue weighted by molar-refractivity contribution is 7.13. The van der Waals surface area contributed by atoms with E-state index >= 15 is 0 Å². The number of carbonyl (C=O) groups is 2. The van der Waals surface area contributed by atoms with E-state index in [2.05, 4.69) is 20.4 Å². The average Bonchev–Trinajstić information content (AvgIpc) is 3.47. The third-order valence-corrected chi connectivity index (χ3v) is 6.36. The maximum absolute atomic E-state index is 12.7. The number of nitrogens with zero attached hydrogens (tertiary/aromatic N) is 3. The Balaban J connectivity index is 1.30. The van der Waals surface area contributed by atoms with Gasteiger partial charge in [0.2, 0.25) is 17.6 Å². The third-order valence-electron chi connectivity index (χ3n) is 5.17. The van der Waals surface area contributed by atoms with Gasteiger partial charge in [-0.2, -0.15) is 4.98 Å². The molecule has 162 valence electrons. The Kier molecular flexibility index (Phi) is 6.64. The van der Waals surface area contributed by atoms with Crippen molar-refractivity contribution in [1.82, 2.24) is 15.0 Å². The molecule has 3 heterocycles. The molecule has 8 nitrogen and oxygen atoms in total. The number of amides is 1. The van der Waals surface area contributed by atoms with Crippen LogP contribution in [0.2, 0.25) is 5.02 Å². The zero-order valence-corrected chi connectivity index (χ0v) is 18.4. The van der Waals surface area contributed by atoms with Crippen molar-refractivity contribution in [3.63, 3.8) is 0 Å². The van der Waals surface area contributed by atoms with E-state index in [4.69, 9.17) is 20.9 Å². The highest BCUT2D eigenvalue weighted by Gasteiger charge is 2.26. The van der Waals surface area contributed by atoms with E-state index in [0.717, 1.165) is 30.8 Å². The summed E-state index contributed by atoms with van der Waals surface area (Å²) in [6, 6.07) is 8.68. The summed E-state index contributed by atoms with van der Waals surface area (Å²) in [5.41, 5.74) is 0.738. The van der Waals surface area contributed by atoms with Crippen LogP contribution in [0.5, 0.6) is 0 Å². The van der Waals surface area contributed by atoms with Crippen LogP contribution in [0.4, 0.5) is 5.69 Å². The zero-order chi connectivity index (χ0) is 21.8. The number of piperidine rings is 1. The van der Waals surface area contributed by atoms with Gasteiger partial charge in [-0.3, -0.25) is 9.69 Å². The van der Waals surface area contributed by atoms with Crippen LogP contribution in [0.3, 0.4) is 0 Å². The first-order chi connectivity index (χ1) is 15.0. The number of esters is 1. The smallest absolute Gasteiger partial charge is 0.339 e. The monoisotopic (exact) mass is 460 g/mol. The number of hydrogen-bond donors (Lipinski definition) is 1. The summed E-state index contributed by atoms with van der Waals surface area (Å²) in [5, 5.41) is 9.17. The molecule has 10 heteroatoms. The summed E-state index contributed by atoms with van der Waals surface area (Å²) in [7, 11) is 1.29. The van der Waals surface area contributed by atoms with Gasteiger partial charge in [0, 0.05) is 11.6 Å². The molecule has 0 saturated carbocycles. The number of halogens is 1. The maximum atomic E-state index is 12.7. The predicted molar refractivity (Wildman–Crippen MR) is 117 cm³/mol. The van der Waals surface area contributed by atoms with Crippen molar-refractivity contribution < 1.29 is 18.8 Å². The van der Waals surface area contributed by atoms with Gasteiger partial charge in [0.15, 0.2) is 0 Å². The number of anilines is 1. The largest absolute Gasteiger partial charge is 0.465 e. The number of thiophene rings is 1. The second-order valence-electron chi connectivity index (χ2n) is 7.21. The quantitative estimate of drug-likeness (QED) is 0.553. The molecule has 31 heavy (non-hydrogen) atoms. The molecule has 1 amide bonds. The normalized spacial score (nSPS) is 15.0. The van der Waals surface area contributed by atoms with Crippen LogP contribution in [0.15, 0.2) is 40.2 Å². The Morgan fingerprint density at radius 2 is 2.13 bits per heavy atom. The number of methoxy groups -OCH3 is 1. The molecule has 1 N–H and O–H groups in total. The molecule has 2 aromatic heterocycles. The van der Waals surface area contributed by atoms with Crippen molar-refractivity contribution in [3.8, 4) is 10.7 Å². The first-order valence-electron chi connectivity index (χ1n) is 9.81. The van der Waals surface area contributed by atoms with Gasteiger partial charge in [-0.1, -0.05) is 22.8 Å². The fraction of sp³-hybridized carbons (Fsp3) is 0.333. The fourth-order valence-electron chi connectivity index (χ4n) is 3.48. The first-order valence-corrected chi connectivity index (χ1v) is 11.1. The number of ether oxygens (including phenoxy) is 1. The van der Waals surface area contributed by atoms with Gasteiger partial charge in [-0.05, 0) is 55.6 Å². The molecule has 0 radical (unpaired) electrons. The summed E-state index contributed by atoms with van der Waals surface area (Å²) >= 11 is 7.60. The Labute approximate surface area is 188 Å². The average molecular weight is 461 g/mol. The van der Waals surface area contributed by atoms with E-state index in [0.29, 0.717) is 23.9 Å². The van der Waals surface area contributed by atoms with Crippen molar-refractivity contribution in [1.29, 1.82) is 0 Å². The molecule has 4 rings (SSSR count). The number of likely N-dealkylation sites (tertiary alicyclic amines) is 1. The minimum atomic E-state index is -0.544. The lowest BCUT2D eigenvalue weighted by Crippen LogP contribution is -2.37. The van der Waals surface area contributed by atoms with Gasteiger partial charge in [0.25, 0.3) is 0 Å². The molecule has 0 aliphatic carbocycles. The molecule has 0 atom stereocenters. The Morgan fingerprint density at radius 1 is 1.32 bits per heavy atom. The van der Waals surface area contributed by atoms with Crippen LogP contribution in [0.1, 0.15) is 29.1 Å².